The molecule has 1 atom stereocenters. The molecular weight excluding hydrogens is 396 g/mol. The van der Waals surface area contributed by atoms with Crippen LogP contribution in [0.4, 0.5) is 5.69 Å². The largest absolute Gasteiger partial charge is 0.385 e. The van der Waals surface area contributed by atoms with Crippen molar-refractivity contribution >= 4 is 22.7 Å². The number of fused-ring (bicyclic) bond motifs is 1. The quantitative estimate of drug-likeness (QED) is 0.428. The molecule has 2 aromatic rings. The third-order valence-corrected chi connectivity index (χ3v) is 8.17. The van der Waals surface area contributed by atoms with E-state index in [4.69, 9.17) is 0 Å². The predicted molar refractivity (Wildman–Crippen MR) is 137 cm³/mol. The molecule has 0 amide bonds. The molecule has 2 nitrogen and oxygen atoms in total. The number of hydrogen-bond acceptors (Lipinski definition) is 3. The van der Waals surface area contributed by atoms with E-state index in [-0.39, 0.29) is 5.41 Å². The second-order valence-electron chi connectivity index (χ2n) is 9.64. The van der Waals surface area contributed by atoms with Gasteiger partial charge >= 0.3 is 0 Å². The fourth-order valence-electron chi connectivity index (χ4n) is 4.77. The topological polar surface area (TPSA) is 15.3 Å². The summed E-state index contributed by atoms with van der Waals surface area (Å²) in [6.07, 6.45) is 8.18. The van der Waals surface area contributed by atoms with Gasteiger partial charge in [-0.05, 0) is 76.5 Å². The molecule has 0 saturated heterocycles. The van der Waals surface area contributed by atoms with Gasteiger partial charge in [-0.25, -0.2) is 0 Å². The Morgan fingerprint density at radius 2 is 1.94 bits per heavy atom. The zero-order valence-corrected chi connectivity index (χ0v) is 20.2. The Morgan fingerprint density at radius 1 is 1.23 bits per heavy atom. The second kappa shape index (κ2) is 8.70. The van der Waals surface area contributed by atoms with Crippen LogP contribution >= 0.6 is 11.3 Å². The minimum atomic E-state index is 0.0237. The average Bonchev–Trinajstić information content (AvgIpc) is 3.52. The van der Waals surface area contributed by atoms with Crippen LogP contribution in [0, 0.1) is 25.2 Å². The van der Waals surface area contributed by atoms with Crippen molar-refractivity contribution in [3.8, 4) is 0 Å². The Bertz CT molecular complexity index is 993. The number of rotatable bonds is 9. The summed E-state index contributed by atoms with van der Waals surface area (Å²) in [5.74, 6) is 0.845. The Labute approximate surface area is 192 Å². The van der Waals surface area contributed by atoms with Gasteiger partial charge in [-0.3, -0.25) is 0 Å². The van der Waals surface area contributed by atoms with E-state index in [2.05, 4.69) is 81.1 Å². The van der Waals surface area contributed by atoms with Crippen LogP contribution in [0.5, 0.6) is 0 Å². The van der Waals surface area contributed by atoms with Crippen LogP contribution in [-0.2, 0) is 12.8 Å². The van der Waals surface area contributed by atoms with E-state index in [1.165, 1.54) is 45.0 Å². The SMILES string of the molecule is C=CC1(CN(C(=C)C)c2ccc(C)cc2)CCc2sc(C)c(C(=C)NCC3CC3)c2C1. The minimum absolute atomic E-state index is 0.0237. The molecule has 1 unspecified atom stereocenters. The molecule has 164 valence electrons. The van der Waals surface area contributed by atoms with E-state index in [0.717, 1.165) is 49.7 Å². The first-order valence-electron chi connectivity index (χ1n) is 11.5. The molecule has 1 aromatic heterocycles. The molecule has 1 aromatic carbocycles. The maximum absolute atomic E-state index is 4.43. The molecule has 3 heteroatoms. The normalized spacial score (nSPS) is 20.1. The molecule has 4 rings (SSSR count). The van der Waals surface area contributed by atoms with Gasteiger partial charge in [-0.1, -0.05) is 36.9 Å². The van der Waals surface area contributed by atoms with Gasteiger partial charge in [0, 0.05) is 50.9 Å². The lowest BCUT2D eigenvalue weighted by Gasteiger charge is -2.40. The fourth-order valence-corrected chi connectivity index (χ4v) is 5.99. The maximum Gasteiger partial charge on any atom is 0.0408 e. The smallest absolute Gasteiger partial charge is 0.0408 e. The van der Waals surface area contributed by atoms with Crippen LogP contribution in [0.25, 0.3) is 5.70 Å². The second-order valence-corrected chi connectivity index (χ2v) is 10.9. The highest BCUT2D eigenvalue weighted by Crippen LogP contribution is 2.45. The van der Waals surface area contributed by atoms with E-state index in [1.807, 2.05) is 11.3 Å². The van der Waals surface area contributed by atoms with Crippen LogP contribution in [0.3, 0.4) is 0 Å². The van der Waals surface area contributed by atoms with Crippen molar-refractivity contribution in [3.05, 3.63) is 82.2 Å². The van der Waals surface area contributed by atoms with E-state index >= 15 is 0 Å². The standard InChI is InChI=1S/C28H36N2S/c1-7-28(18-30(19(2)3)24-12-8-20(4)9-13-24)15-14-26-25(16-28)27(22(6)31-26)21(5)29-17-23-10-11-23/h7-9,12-13,23,29H,1-2,5,10-11,14-18H2,3-4,6H3. The first-order valence-corrected chi connectivity index (χ1v) is 12.3. The molecule has 31 heavy (non-hydrogen) atoms. The monoisotopic (exact) mass is 432 g/mol. The highest BCUT2D eigenvalue weighted by Gasteiger charge is 2.37. The molecule has 0 spiro atoms. The predicted octanol–water partition coefficient (Wildman–Crippen LogP) is 7.04. The van der Waals surface area contributed by atoms with Gasteiger partial charge in [-0.2, -0.15) is 0 Å². The third-order valence-electron chi connectivity index (χ3n) is 6.96. The van der Waals surface area contributed by atoms with Crippen molar-refractivity contribution in [3.63, 3.8) is 0 Å². The number of nitrogens with zero attached hydrogens (tertiary/aromatic N) is 1. The third kappa shape index (κ3) is 4.67. The lowest BCUT2D eigenvalue weighted by Crippen LogP contribution is -2.39. The van der Waals surface area contributed by atoms with Gasteiger partial charge < -0.3 is 10.2 Å². The number of thiophene rings is 1. The summed E-state index contributed by atoms with van der Waals surface area (Å²) < 4.78 is 0. The summed E-state index contributed by atoms with van der Waals surface area (Å²) in [7, 11) is 0. The van der Waals surface area contributed by atoms with Gasteiger partial charge in [0.2, 0.25) is 0 Å². The summed E-state index contributed by atoms with van der Waals surface area (Å²) in [6.45, 7) is 21.5. The molecule has 2 aliphatic rings. The van der Waals surface area contributed by atoms with E-state index in [9.17, 15) is 0 Å². The Balaban J connectivity index is 1.60. The van der Waals surface area contributed by atoms with Crippen LogP contribution in [-0.4, -0.2) is 13.1 Å². The summed E-state index contributed by atoms with van der Waals surface area (Å²) in [6, 6.07) is 8.78. The highest BCUT2D eigenvalue weighted by atomic mass is 32.1. The first kappa shape index (κ1) is 22.0. The number of anilines is 1. The number of benzene rings is 1. The number of aryl methyl sites for hydroxylation is 3. The molecule has 1 fully saturated rings. The number of nitrogens with one attached hydrogen (secondary N) is 1. The average molecular weight is 433 g/mol. The zero-order chi connectivity index (χ0) is 22.2. The number of hydrogen-bond donors (Lipinski definition) is 1. The molecule has 2 aliphatic carbocycles. The summed E-state index contributed by atoms with van der Waals surface area (Å²) >= 11 is 1.96. The Hall–Kier alpha value is -2.26. The maximum atomic E-state index is 4.43. The summed E-state index contributed by atoms with van der Waals surface area (Å²) in [5, 5.41) is 3.64. The van der Waals surface area contributed by atoms with Crippen molar-refractivity contribution in [2.45, 2.75) is 52.9 Å². The van der Waals surface area contributed by atoms with Gasteiger partial charge in [0.1, 0.15) is 0 Å². The molecule has 0 radical (unpaired) electrons. The Kier molecular flexibility index (Phi) is 6.16. The van der Waals surface area contributed by atoms with Crippen molar-refractivity contribution in [1.82, 2.24) is 5.32 Å². The van der Waals surface area contributed by atoms with E-state index < -0.39 is 0 Å². The Morgan fingerprint density at radius 3 is 2.55 bits per heavy atom. The molecule has 1 saturated carbocycles. The summed E-state index contributed by atoms with van der Waals surface area (Å²) in [5.41, 5.74) is 7.56. The van der Waals surface area contributed by atoms with Gasteiger partial charge in [0.15, 0.2) is 0 Å². The molecular formula is C28H36N2S. The molecule has 1 heterocycles. The van der Waals surface area contributed by atoms with Crippen LogP contribution < -0.4 is 10.2 Å². The molecule has 0 bridgehead atoms. The fraction of sp³-hybridized carbons (Fsp3) is 0.429. The van der Waals surface area contributed by atoms with Crippen molar-refractivity contribution in [2.75, 3.05) is 18.0 Å². The zero-order valence-electron chi connectivity index (χ0n) is 19.4. The van der Waals surface area contributed by atoms with E-state index in [0.29, 0.717) is 0 Å². The van der Waals surface area contributed by atoms with Gasteiger partial charge in [0.05, 0.1) is 0 Å². The van der Waals surface area contributed by atoms with Crippen LogP contribution in [0.15, 0.2) is 55.8 Å². The first-order chi connectivity index (χ1) is 14.8. The van der Waals surface area contributed by atoms with Crippen molar-refractivity contribution in [1.29, 1.82) is 0 Å². The lowest BCUT2D eigenvalue weighted by atomic mass is 9.72. The molecule has 1 N–H and O–H groups in total. The van der Waals surface area contributed by atoms with Crippen LogP contribution in [0.1, 0.15) is 52.6 Å². The van der Waals surface area contributed by atoms with Crippen molar-refractivity contribution < 1.29 is 0 Å². The van der Waals surface area contributed by atoms with E-state index in [1.54, 1.807) is 0 Å². The summed E-state index contributed by atoms with van der Waals surface area (Å²) in [4.78, 5) is 5.30. The van der Waals surface area contributed by atoms with Crippen LogP contribution in [0.2, 0.25) is 0 Å². The minimum Gasteiger partial charge on any atom is -0.385 e. The molecule has 0 aliphatic heterocycles. The number of allylic oxidation sites excluding steroid dienone is 1. The van der Waals surface area contributed by atoms with Gasteiger partial charge in [-0.15, -0.1) is 17.9 Å². The van der Waals surface area contributed by atoms with Crippen molar-refractivity contribution in [2.24, 2.45) is 11.3 Å². The highest BCUT2D eigenvalue weighted by molar-refractivity contribution is 7.12. The lowest BCUT2D eigenvalue weighted by molar-refractivity contribution is 0.339. The van der Waals surface area contributed by atoms with Gasteiger partial charge in [0.25, 0.3) is 0 Å².